The lowest BCUT2D eigenvalue weighted by molar-refractivity contribution is -0.123. The van der Waals surface area contributed by atoms with E-state index in [0.29, 0.717) is 34.3 Å². The second kappa shape index (κ2) is 11.9. The molecule has 4 aromatic carbocycles. The first kappa shape index (κ1) is 26.1. The van der Waals surface area contributed by atoms with Crippen molar-refractivity contribution in [2.24, 2.45) is 0 Å². The van der Waals surface area contributed by atoms with Crippen LogP contribution in [0.4, 0.5) is 10.5 Å². The Labute approximate surface area is 230 Å². The third kappa shape index (κ3) is 6.13. The quantitative estimate of drug-likeness (QED) is 0.245. The standard InChI is InChI=1S/C31H26N2O5S/c1-2-37-27-17-21(15-16-26(27)38-20-29(34)32-24-12-4-3-5-13-24)18-28-30(35)33(31(36)39-28)19-23-11-8-10-22-9-6-7-14-25(22)23/h3-18H,2,19-20H2,1H3,(H,32,34)/b28-18-. The number of carbonyl (C=O) groups excluding carboxylic acids is 3. The molecule has 0 aromatic heterocycles. The molecule has 0 saturated carbocycles. The van der Waals surface area contributed by atoms with E-state index in [1.807, 2.05) is 67.6 Å². The highest BCUT2D eigenvalue weighted by Crippen LogP contribution is 2.36. The average molecular weight is 539 g/mol. The summed E-state index contributed by atoms with van der Waals surface area (Å²) < 4.78 is 11.4. The first-order chi connectivity index (χ1) is 19.0. The first-order valence-electron chi connectivity index (χ1n) is 12.5. The van der Waals surface area contributed by atoms with Crippen molar-refractivity contribution in [3.05, 3.63) is 107 Å². The number of imide groups is 1. The van der Waals surface area contributed by atoms with E-state index >= 15 is 0 Å². The number of thioether (sulfide) groups is 1. The highest BCUT2D eigenvalue weighted by Gasteiger charge is 2.35. The predicted molar refractivity (Wildman–Crippen MR) is 154 cm³/mol. The van der Waals surface area contributed by atoms with Gasteiger partial charge in [0.1, 0.15) is 0 Å². The zero-order valence-electron chi connectivity index (χ0n) is 21.3. The van der Waals surface area contributed by atoms with Crippen molar-refractivity contribution in [3.8, 4) is 11.5 Å². The van der Waals surface area contributed by atoms with E-state index in [1.165, 1.54) is 4.90 Å². The number of para-hydroxylation sites is 1. The van der Waals surface area contributed by atoms with Gasteiger partial charge >= 0.3 is 0 Å². The van der Waals surface area contributed by atoms with Gasteiger partial charge < -0.3 is 14.8 Å². The Balaban J connectivity index is 1.29. The van der Waals surface area contributed by atoms with Crippen molar-refractivity contribution in [3.63, 3.8) is 0 Å². The van der Waals surface area contributed by atoms with E-state index < -0.39 is 0 Å². The third-order valence-corrected chi connectivity index (χ3v) is 6.97. The third-order valence-electron chi connectivity index (χ3n) is 6.06. The Morgan fingerprint density at radius 1 is 0.897 bits per heavy atom. The van der Waals surface area contributed by atoms with E-state index in [-0.39, 0.29) is 30.2 Å². The summed E-state index contributed by atoms with van der Waals surface area (Å²) in [4.78, 5) is 39.8. The van der Waals surface area contributed by atoms with E-state index in [2.05, 4.69) is 5.32 Å². The summed E-state index contributed by atoms with van der Waals surface area (Å²) in [6, 6.07) is 28.1. The molecule has 0 atom stereocenters. The molecule has 0 aliphatic carbocycles. The molecule has 1 heterocycles. The summed E-state index contributed by atoms with van der Waals surface area (Å²) in [5.41, 5.74) is 2.27. The lowest BCUT2D eigenvalue weighted by Crippen LogP contribution is -2.27. The smallest absolute Gasteiger partial charge is 0.293 e. The van der Waals surface area contributed by atoms with Gasteiger partial charge in [-0.15, -0.1) is 0 Å². The van der Waals surface area contributed by atoms with Gasteiger partial charge in [0, 0.05) is 5.69 Å². The van der Waals surface area contributed by atoms with Gasteiger partial charge in [0.2, 0.25) is 0 Å². The summed E-state index contributed by atoms with van der Waals surface area (Å²) >= 11 is 0.913. The normalized spacial score (nSPS) is 14.2. The molecule has 7 nitrogen and oxygen atoms in total. The Morgan fingerprint density at radius 3 is 2.49 bits per heavy atom. The molecule has 0 radical (unpaired) electrons. The maximum absolute atomic E-state index is 13.2. The number of benzene rings is 4. The van der Waals surface area contributed by atoms with Crippen LogP contribution in [0.1, 0.15) is 18.1 Å². The maximum Gasteiger partial charge on any atom is 0.293 e. The topological polar surface area (TPSA) is 84.9 Å². The van der Waals surface area contributed by atoms with Crippen molar-refractivity contribution in [2.75, 3.05) is 18.5 Å². The van der Waals surface area contributed by atoms with Gasteiger partial charge in [0.15, 0.2) is 18.1 Å². The van der Waals surface area contributed by atoms with Crippen LogP contribution in [0.2, 0.25) is 0 Å². The minimum atomic E-state index is -0.339. The molecule has 39 heavy (non-hydrogen) atoms. The van der Waals surface area contributed by atoms with E-state index in [0.717, 1.165) is 28.1 Å². The maximum atomic E-state index is 13.2. The summed E-state index contributed by atoms with van der Waals surface area (Å²) in [5, 5.41) is 4.53. The molecule has 8 heteroatoms. The van der Waals surface area contributed by atoms with Gasteiger partial charge in [0.25, 0.3) is 17.1 Å². The zero-order valence-corrected chi connectivity index (χ0v) is 22.1. The van der Waals surface area contributed by atoms with Crippen molar-refractivity contribution in [2.45, 2.75) is 13.5 Å². The molecule has 3 amide bonds. The summed E-state index contributed by atoms with van der Waals surface area (Å²) in [6.45, 7) is 2.24. The minimum Gasteiger partial charge on any atom is -0.490 e. The fraction of sp³-hybridized carbons (Fsp3) is 0.129. The molecular formula is C31H26N2O5S. The fourth-order valence-corrected chi connectivity index (χ4v) is 5.09. The Kier molecular flexibility index (Phi) is 7.94. The molecule has 1 aliphatic heterocycles. The van der Waals surface area contributed by atoms with Crippen LogP contribution in [-0.2, 0) is 16.1 Å². The Bertz CT molecular complexity index is 1560. The van der Waals surface area contributed by atoms with E-state index in [9.17, 15) is 14.4 Å². The van der Waals surface area contributed by atoms with Crippen LogP contribution in [0.3, 0.4) is 0 Å². The largest absolute Gasteiger partial charge is 0.490 e. The number of hydrogen-bond donors (Lipinski definition) is 1. The molecule has 1 N–H and O–H groups in total. The predicted octanol–water partition coefficient (Wildman–Crippen LogP) is 6.49. The number of anilines is 1. The highest BCUT2D eigenvalue weighted by molar-refractivity contribution is 8.18. The van der Waals surface area contributed by atoms with E-state index in [1.54, 1.807) is 36.4 Å². The van der Waals surface area contributed by atoms with Crippen LogP contribution in [0.25, 0.3) is 16.8 Å². The lowest BCUT2D eigenvalue weighted by atomic mass is 10.0. The molecule has 0 bridgehead atoms. The Morgan fingerprint density at radius 2 is 1.67 bits per heavy atom. The minimum absolute atomic E-state index is 0.193. The fourth-order valence-electron chi connectivity index (χ4n) is 4.25. The molecule has 1 fully saturated rings. The molecule has 0 unspecified atom stereocenters. The van der Waals surface area contributed by atoms with Gasteiger partial charge in [-0.1, -0.05) is 66.7 Å². The Hall–Kier alpha value is -4.56. The van der Waals surface area contributed by atoms with Gasteiger partial charge in [-0.3, -0.25) is 19.3 Å². The number of nitrogens with zero attached hydrogens (tertiary/aromatic N) is 1. The molecule has 5 rings (SSSR count). The van der Waals surface area contributed by atoms with Crippen molar-refractivity contribution in [1.29, 1.82) is 0 Å². The zero-order chi connectivity index (χ0) is 27.2. The van der Waals surface area contributed by atoms with Crippen LogP contribution in [0.5, 0.6) is 11.5 Å². The summed E-state index contributed by atoms with van der Waals surface area (Å²) in [7, 11) is 0. The molecule has 1 aliphatic rings. The van der Waals surface area contributed by atoms with Crippen molar-refractivity contribution >= 4 is 51.4 Å². The monoisotopic (exact) mass is 538 g/mol. The first-order valence-corrected chi connectivity index (χ1v) is 13.3. The summed E-state index contributed by atoms with van der Waals surface area (Å²) in [5.74, 6) is 0.205. The number of carbonyl (C=O) groups is 3. The number of amides is 3. The second-order valence-corrected chi connectivity index (χ2v) is 9.74. The van der Waals surface area contributed by atoms with Gasteiger partial charge in [0.05, 0.1) is 18.1 Å². The number of hydrogen-bond acceptors (Lipinski definition) is 6. The van der Waals surface area contributed by atoms with Crippen LogP contribution in [0, 0.1) is 0 Å². The molecular weight excluding hydrogens is 512 g/mol. The number of ether oxygens (including phenoxy) is 2. The number of fused-ring (bicyclic) bond motifs is 1. The van der Waals surface area contributed by atoms with Gasteiger partial charge in [-0.25, -0.2) is 0 Å². The molecule has 0 spiro atoms. The molecule has 196 valence electrons. The SMILES string of the molecule is CCOc1cc(/C=C2\SC(=O)N(Cc3cccc4ccccc34)C2=O)ccc1OCC(=O)Nc1ccccc1. The molecule has 4 aromatic rings. The average Bonchev–Trinajstić information content (AvgIpc) is 3.20. The van der Waals surface area contributed by atoms with Gasteiger partial charge in [-0.05, 0) is 70.9 Å². The highest BCUT2D eigenvalue weighted by atomic mass is 32.2. The van der Waals surface area contributed by atoms with Crippen LogP contribution in [-0.4, -0.2) is 35.2 Å². The van der Waals surface area contributed by atoms with E-state index in [4.69, 9.17) is 9.47 Å². The van der Waals surface area contributed by atoms with Crippen molar-refractivity contribution < 1.29 is 23.9 Å². The summed E-state index contributed by atoms with van der Waals surface area (Å²) in [6.07, 6.45) is 1.67. The lowest BCUT2D eigenvalue weighted by Gasteiger charge is -2.14. The van der Waals surface area contributed by atoms with Crippen LogP contribution >= 0.6 is 11.8 Å². The second-order valence-electron chi connectivity index (χ2n) is 8.75. The van der Waals surface area contributed by atoms with Crippen molar-refractivity contribution in [1.82, 2.24) is 4.90 Å². The number of rotatable bonds is 9. The van der Waals surface area contributed by atoms with Crippen LogP contribution in [0.15, 0.2) is 95.9 Å². The van der Waals surface area contributed by atoms with Crippen LogP contribution < -0.4 is 14.8 Å². The van der Waals surface area contributed by atoms with Gasteiger partial charge in [-0.2, -0.15) is 0 Å². The number of nitrogens with one attached hydrogen (secondary N) is 1. The molecule has 1 saturated heterocycles.